The number of anilines is 1. The number of carbonyl (C=O) groups is 1. The Morgan fingerprint density at radius 2 is 2.14 bits per heavy atom. The summed E-state index contributed by atoms with van der Waals surface area (Å²) < 4.78 is 1.22. The van der Waals surface area contributed by atoms with Gasteiger partial charge in [-0.2, -0.15) is 0 Å². The van der Waals surface area contributed by atoms with Crippen LogP contribution in [-0.2, 0) is 11.2 Å². The van der Waals surface area contributed by atoms with E-state index in [0.29, 0.717) is 18.1 Å². The van der Waals surface area contributed by atoms with Crippen molar-refractivity contribution >= 4 is 43.9 Å². The molecule has 2 heterocycles. The van der Waals surface area contributed by atoms with Gasteiger partial charge in [-0.05, 0) is 12.1 Å². The first-order chi connectivity index (χ1) is 10.8. The van der Waals surface area contributed by atoms with Crippen molar-refractivity contribution in [2.24, 2.45) is 0 Å². The van der Waals surface area contributed by atoms with E-state index >= 15 is 0 Å². The van der Waals surface area contributed by atoms with E-state index in [2.05, 4.69) is 26.7 Å². The number of aromatic nitrogens is 2. The highest BCUT2D eigenvalue weighted by molar-refractivity contribution is 7.18. The molecule has 0 saturated carbocycles. The molecule has 114 valence electrons. The van der Waals surface area contributed by atoms with Crippen LogP contribution < -0.4 is 10.6 Å². The van der Waals surface area contributed by atoms with Crippen LogP contribution in [0.1, 0.15) is 11.4 Å². The Morgan fingerprint density at radius 1 is 1.23 bits per heavy atom. The lowest BCUT2D eigenvalue weighted by atomic mass is 10.3. The van der Waals surface area contributed by atoms with Crippen molar-refractivity contribution in [3.8, 4) is 0 Å². The second-order valence-electron chi connectivity index (χ2n) is 4.71. The van der Waals surface area contributed by atoms with Crippen LogP contribution >= 0.6 is 22.7 Å². The predicted octanol–water partition coefficient (Wildman–Crippen LogP) is 2.91. The van der Waals surface area contributed by atoms with Crippen LogP contribution in [0.4, 0.5) is 5.13 Å². The summed E-state index contributed by atoms with van der Waals surface area (Å²) >= 11 is 3.15. The Hall–Kier alpha value is -1.83. The summed E-state index contributed by atoms with van der Waals surface area (Å²) in [6, 6.07) is 8.16. The average Bonchev–Trinajstić information content (AvgIpc) is 3.15. The number of rotatable bonds is 7. The largest absolute Gasteiger partial charge is 0.316 e. The van der Waals surface area contributed by atoms with Gasteiger partial charge in [0, 0.05) is 37.5 Å². The number of nitrogens with zero attached hydrogens (tertiary/aromatic N) is 2. The first kappa shape index (κ1) is 15.1. The van der Waals surface area contributed by atoms with Gasteiger partial charge in [-0.3, -0.25) is 4.79 Å². The second-order valence-corrected chi connectivity index (χ2v) is 6.72. The molecular weight excluding hydrogens is 316 g/mol. The third kappa shape index (κ3) is 4.09. The van der Waals surface area contributed by atoms with Crippen molar-refractivity contribution in [2.45, 2.75) is 12.8 Å². The molecule has 0 bridgehead atoms. The molecule has 0 aliphatic heterocycles. The van der Waals surface area contributed by atoms with E-state index in [-0.39, 0.29) is 5.91 Å². The van der Waals surface area contributed by atoms with E-state index in [0.717, 1.165) is 23.5 Å². The molecule has 0 aliphatic carbocycles. The maximum absolute atomic E-state index is 11.7. The molecule has 0 unspecified atom stereocenters. The number of hydrogen-bond acceptors (Lipinski definition) is 6. The summed E-state index contributed by atoms with van der Waals surface area (Å²) in [5.41, 5.74) is 1.06. The molecule has 1 aromatic carbocycles. The monoisotopic (exact) mass is 332 g/mol. The molecule has 5 nitrogen and oxygen atoms in total. The lowest BCUT2D eigenvalue weighted by Crippen LogP contribution is -2.23. The van der Waals surface area contributed by atoms with Crippen LogP contribution in [0, 0.1) is 0 Å². The van der Waals surface area contributed by atoms with E-state index in [9.17, 15) is 4.79 Å². The molecule has 0 fully saturated rings. The van der Waals surface area contributed by atoms with E-state index < -0.39 is 0 Å². The fourth-order valence-electron chi connectivity index (χ4n) is 2.02. The van der Waals surface area contributed by atoms with Gasteiger partial charge in [0.15, 0.2) is 5.13 Å². The van der Waals surface area contributed by atoms with E-state index in [1.54, 1.807) is 17.5 Å². The smallest absolute Gasteiger partial charge is 0.227 e. The number of amides is 1. The Morgan fingerprint density at radius 3 is 2.95 bits per heavy atom. The average molecular weight is 332 g/mol. The summed E-state index contributed by atoms with van der Waals surface area (Å²) in [5, 5.41) is 9.66. The van der Waals surface area contributed by atoms with Crippen molar-refractivity contribution in [2.75, 3.05) is 18.4 Å². The van der Waals surface area contributed by atoms with E-state index in [4.69, 9.17) is 0 Å². The second kappa shape index (κ2) is 7.44. The molecular formula is C15H16N4OS2. The lowest BCUT2D eigenvalue weighted by molar-refractivity contribution is -0.116. The van der Waals surface area contributed by atoms with Crippen molar-refractivity contribution in [1.29, 1.82) is 0 Å². The molecule has 7 heteroatoms. The Labute approximate surface area is 136 Å². The highest BCUT2D eigenvalue weighted by Gasteiger charge is 2.05. The Kier molecular flexibility index (Phi) is 5.10. The van der Waals surface area contributed by atoms with Gasteiger partial charge in [-0.25, -0.2) is 9.97 Å². The lowest BCUT2D eigenvalue weighted by Gasteiger charge is -2.03. The fraction of sp³-hybridized carbons (Fsp3) is 0.267. The number of hydrogen-bond donors (Lipinski definition) is 2. The minimum absolute atomic E-state index is 0.0116. The fourth-order valence-corrected chi connectivity index (χ4v) is 3.53. The molecule has 0 spiro atoms. The van der Waals surface area contributed by atoms with Crippen LogP contribution in [0.2, 0.25) is 0 Å². The number of nitrogens with one attached hydrogen (secondary N) is 2. The minimum Gasteiger partial charge on any atom is -0.316 e. The molecule has 3 aromatic rings. The third-order valence-electron chi connectivity index (χ3n) is 3.06. The van der Waals surface area contributed by atoms with E-state index in [1.165, 1.54) is 16.0 Å². The SMILES string of the molecule is O=C(CCNCCc1nc2ccccc2s1)Nc1nccs1. The van der Waals surface area contributed by atoms with Gasteiger partial charge in [0.2, 0.25) is 5.91 Å². The van der Waals surface area contributed by atoms with Gasteiger partial charge >= 0.3 is 0 Å². The number of thiazole rings is 2. The molecule has 2 aromatic heterocycles. The third-order valence-corrected chi connectivity index (χ3v) is 4.85. The summed E-state index contributed by atoms with van der Waals surface area (Å²) in [4.78, 5) is 20.3. The Balaban J connectivity index is 1.36. The first-order valence-electron chi connectivity index (χ1n) is 7.06. The first-order valence-corrected chi connectivity index (χ1v) is 8.75. The highest BCUT2D eigenvalue weighted by Crippen LogP contribution is 2.21. The molecule has 0 saturated heterocycles. The highest BCUT2D eigenvalue weighted by atomic mass is 32.1. The standard InChI is InChI=1S/C15H16N4OS2/c20-13(19-15-17-9-10-21-15)5-7-16-8-6-14-18-11-3-1-2-4-12(11)22-14/h1-4,9-10,16H,5-8H2,(H,17,19,20). The number of carbonyl (C=O) groups excluding carboxylic acids is 1. The van der Waals surface area contributed by atoms with Crippen molar-refractivity contribution < 1.29 is 4.79 Å². The molecule has 0 aliphatic rings. The molecule has 3 rings (SSSR count). The molecule has 22 heavy (non-hydrogen) atoms. The Bertz CT molecular complexity index is 706. The van der Waals surface area contributed by atoms with Gasteiger partial charge in [0.05, 0.1) is 15.2 Å². The summed E-state index contributed by atoms with van der Waals surface area (Å²) in [7, 11) is 0. The van der Waals surface area contributed by atoms with Crippen molar-refractivity contribution in [3.63, 3.8) is 0 Å². The zero-order valence-corrected chi connectivity index (χ0v) is 13.5. The van der Waals surface area contributed by atoms with Gasteiger partial charge in [0.25, 0.3) is 0 Å². The van der Waals surface area contributed by atoms with Crippen LogP contribution in [0.25, 0.3) is 10.2 Å². The van der Waals surface area contributed by atoms with Crippen LogP contribution in [-0.4, -0.2) is 29.0 Å². The molecule has 0 radical (unpaired) electrons. The number of fused-ring (bicyclic) bond motifs is 1. The van der Waals surface area contributed by atoms with Crippen LogP contribution in [0.5, 0.6) is 0 Å². The number of para-hydroxylation sites is 1. The predicted molar refractivity (Wildman–Crippen MR) is 91.6 cm³/mol. The van der Waals surface area contributed by atoms with Crippen molar-refractivity contribution in [1.82, 2.24) is 15.3 Å². The quantitative estimate of drug-likeness (QED) is 0.653. The topological polar surface area (TPSA) is 66.9 Å². The molecule has 0 atom stereocenters. The minimum atomic E-state index is -0.0116. The van der Waals surface area contributed by atoms with E-state index in [1.807, 2.05) is 23.6 Å². The van der Waals surface area contributed by atoms with Crippen LogP contribution in [0.3, 0.4) is 0 Å². The van der Waals surface area contributed by atoms with Gasteiger partial charge in [-0.15, -0.1) is 22.7 Å². The maximum atomic E-state index is 11.7. The zero-order chi connectivity index (χ0) is 15.2. The molecule has 1 amide bonds. The maximum Gasteiger partial charge on any atom is 0.227 e. The van der Waals surface area contributed by atoms with Gasteiger partial charge in [-0.1, -0.05) is 12.1 Å². The van der Waals surface area contributed by atoms with Crippen LogP contribution in [0.15, 0.2) is 35.8 Å². The zero-order valence-electron chi connectivity index (χ0n) is 11.9. The summed E-state index contributed by atoms with van der Waals surface area (Å²) in [5.74, 6) is -0.0116. The number of benzene rings is 1. The summed E-state index contributed by atoms with van der Waals surface area (Å²) in [6.07, 6.45) is 3.00. The molecule has 2 N–H and O–H groups in total. The normalized spacial score (nSPS) is 10.9. The van der Waals surface area contributed by atoms with Gasteiger partial charge < -0.3 is 10.6 Å². The van der Waals surface area contributed by atoms with Crippen molar-refractivity contribution in [3.05, 3.63) is 40.8 Å². The summed E-state index contributed by atoms with van der Waals surface area (Å²) in [6.45, 7) is 1.48. The van der Waals surface area contributed by atoms with Gasteiger partial charge in [0.1, 0.15) is 0 Å².